The summed E-state index contributed by atoms with van der Waals surface area (Å²) in [6.07, 6.45) is 3.92. The van der Waals surface area contributed by atoms with E-state index in [9.17, 15) is 13.8 Å². The first-order valence-electron chi connectivity index (χ1n) is 7.61. The molecular weight excluding hydrogens is 330 g/mol. The van der Waals surface area contributed by atoms with Crippen LogP contribution < -0.4 is 5.56 Å². The van der Waals surface area contributed by atoms with Crippen LogP contribution in [0.1, 0.15) is 50.0 Å². The van der Waals surface area contributed by atoms with Gasteiger partial charge in [0.05, 0.1) is 28.7 Å². The number of rotatable bonds is 2. The third-order valence-corrected chi connectivity index (χ3v) is 6.11. The molecule has 128 valence electrons. The summed E-state index contributed by atoms with van der Waals surface area (Å²) < 4.78 is 19.2. The number of fused-ring (bicyclic) bond motifs is 3. The zero-order valence-electron chi connectivity index (χ0n) is 12.5. The first-order valence-corrected chi connectivity index (χ1v) is 8.83. The number of ether oxygens (including phenoxy) is 1. The van der Waals surface area contributed by atoms with Gasteiger partial charge in [-0.1, -0.05) is 13.8 Å². The minimum atomic E-state index is -1.34. The lowest BCUT2D eigenvalue weighted by atomic mass is 10.1. The van der Waals surface area contributed by atoms with Crippen LogP contribution in [-0.4, -0.2) is 36.6 Å². The smallest absolute Gasteiger partial charge is 0.343 e. The summed E-state index contributed by atoms with van der Waals surface area (Å²) in [7, 11) is -1.34. The summed E-state index contributed by atoms with van der Waals surface area (Å²) in [6.45, 7) is 1.89. The minimum Gasteiger partial charge on any atom is -0.462 e. The highest BCUT2D eigenvalue weighted by molar-refractivity contribution is 7.85. The number of nitrogens with zero attached hydrogens (tertiary/aromatic N) is 3. The third kappa shape index (κ3) is 2.28. The summed E-state index contributed by atoms with van der Waals surface area (Å²) >= 11 is 0. The largest absolute Gasteiger partial charge is 0.462 e. The number of carbonyl (C=O) groups excluding carboxylic acids is 1. The van der Waals surface area contributed by atoms with Crippen molar-refractivity contribution in [3.05, 3.63) is 28.2 Å². The van der Waals surface area contributed by atoms with Gasteiger partial charge in [-0.3, -0.25) is 13.6 Å². The molecule has 24 heavy (non-hydrogen) atoms. The zero-order chi connectivity index (χ0) is 16.1. The average Bonchev–Trinajstić information content (AvgIpc) is 2.99. The van der Waals surface area contributed by atoms with Gasteiger partial charge in [0.2, 0.25) is 5.16 Å². The molecule has 3 unspecified atom stereocenters. The molecule has 0 amide bonds. The molecule has 3 heterocycles. The SMILES string of the molecule is C.CCOC(=O)c1cc2cnc3nc2n(c1=O)C1CCCC1S3=O. The highest BCUT2D eigenvalue weighted by Gasteiger charge is 2.39. The standard InChI is InChI=1S/C15H15N3O4S.CH4/c1-2-22-14(20)9-6-8-7-16-15-17-12(8)18(13(9)19)10-4-3-5-11(10)23(15)21;/h6-7,10-11H,2-5H2,1H3;1H4. The van der Waals surface area contributed by atoms with Crippen LogP contribution in [0.2, 0.25) is 0 Å². The number of hydrogen-bond donors (Lipinski definition) is 0. The summed E-state index contributed by atoms with van der Waals surface area (Å²) in [5.41, 5.74) is 0.0150. The van der Waals surface area contributed by atoms with Crippen LogP contribution in [0.15, 0.2) is 22.2 Å². The summed E-state index contributed by atoms with van der Waals surface area (Å²) in [4.78, 5) is 33.5. The molecule has 1 aliphatic carbocycles. The van der Waals surface area contributed by atoms with Gasteiger partial charge in [0, 0.05) is 11.6 Å². The van der Waals surface area contributed by atoms with E-state index in [0.29, 0.717) is 11.0 Å². The molecule has 1 aliphatic heterocycles. The predicted molar refractivity (Wildman–Crippen MR) is 89.6 cm³/mol. The van der Waals surface area contributed by atoms with Crippen LogP contribution in [0, 0.1) is 0 Å². The number of pyridine rings is 1. The summed E-state index contributed by atoms with van der Waals surface area (Å²) in [5, 5.41) is 0.665. The molecule has 0 N–H and O–H groups in total. The van der Waals surface area contributed by atoms with Crippen LogP contribution in [0.5, 0.6) is 0 Å². The van der Waals surface area contributed by atoms with Crippen LogP contribution >= 0.6 is 0 Å². The Kier molecular flexibility index (Phi) is 4.25. The number of carbonyl (C=O) groups is 1. The van der Waals surface area contributed by atoms with Gasteiger partial charge >= 0.3 is 5.97 Å². The van der Waals surface area contributed by atoms with Gasteiger partial charge in [-0.15, -0.1) is 0 Å². The Morgan fingerprint density at radius 3 is 3.00 bits per heavy atom. The van der Waals surface area contributed by atoms with E-state index < -0.39 is 22.3 Å². The van der Waals surface area contributed by atoms with Crippen molar-refractivity contribution in [2.24, 2.45) is 0 Å². The first-order chi connectivity index (χ1) is 11.1. The molecule has 4 rings (SSSR count). The predicted octanol–water partition coefficient (Wildman–Crippen LogP) is 1.82. The molecule has 0 spiro atoms. The fourth-order valence-electron chi connectivity index (χ4n) is 3.45. The molecule has 2 aromatic rings. The maximum absolute atomic E-state index is 12.9. The maximum atomic E-state index is 12.9. The van der Waals surface area contributed by atoms with Crippen molar-refractivity contribution in [2.45, 2.75) is 50.1 Å². The molecule has 7 nitrogen and oxygen atoms in total. The summed E-state index contributed by atoms with van der Waals surface area (Å²) in [6, 6.07) is 1.25. The van der Waals surface area contributed by atoms with E-state index in [-0.39, 0.29) is 36.0 Å². The van der Waals surface area contributed by atoms with Crippen molar-refractivity contribution < 1.29 is 13.7 Å². The molecule has 2 bridgehead atoms. The Hall–Kier alpha value is -2.09. The number of aromatic nitrogens is 3. The minimum absolute atomic E-state index is 0. The average molecular weight is 349 g/mol. The Morgan fingerprint density at radius 1 is 1.46 bits per heavy atom. The molecule has 3 atom stereocenters. The van der Waals surface area contributed by atoms with Crippen molar-refractivity contribution in [3.8, 4) is 0 Å². The molecular formula is C16H19N3O4S. The van der Waals surface area contributed by atoms with E-state index in [4.69, 9.17) is 4.74 Å². The van der Waals surface area contributed by atoms with Crippen molar-refractivity contribution in [1.29, 1.82) is 0 Å². The molecule has 0 aromatic carbocycles. The maximum Gasteiger partial charge on any atom is 0.343 e. The fourth-order valence-corrected chi connectivity index (χ4v) is 4.98. The van der Waals surface area contributed by atoms with Crippen LogP contribution in [0.3, 0.4) is 0 Å². The normalized spacial score (nSPS) is 24.3. The molecule has 1 fully saturated rings. The Balaban J connectivity index is 0.00000169. The fraction of sp³-hybridized carbons (Fsp3) is 0.500. The Labute approximate surface area is 141 Å². The molecule has 1 saturated carbocycles. The van der Waals surface area contributed by atoms with Crippen LogP contribution in [0.25, 0.3) is 11.0 Å². The number of hydrogen-bond acceptors (Lipinski definition) is 6. The molecule has 8 heteroatoms. The van der Waals surface area contributed by atoms with Gasteiger partial charge in [0.15, 0.2) is 0 Å². The van der Waals surface area contributed by atoms with Gasteiger partial charge in [-0.2, -0.15) is 0 Å². The topological polar surface area (TPSA) is 91.2 Å². The molecule has 2 aromatic heterocycles. The van der Waals surface area contributed by atoms with Crippen LogP contribution in [-0.2, 0) is 15.5 Å². The van der Waals surface area contributed by atoms with Crippen molar-refractivity contribution >= 4 is 27.8 Å². The van der Waals surface area contributed by atoms with Gasteiger partial charge in [0.1, 0.15) is 11.2 Å². The third-order valence-electron chi connectivity index (χ3n) is 4.45. The van der Waals surface area contributed by atoms with E-state index in [1.54, 1.807) is 6.92 Å². The second kappa shape index (κ2) is 6.08. The highest BCUT2D eigenvalue weighted by Crippen LogP contribution is 2.38. The number of esters is 1. The first kappa shape index (κ1) is 16.8. The van der Waals surface area contributed by atoms with Crippen LogP contribution in [0.4, 0.5) is 0 Å². The summed E-state index contributed by atoms with van der Waals surface area (Å²) in [5.74, 6) is -0.646. The lowest BCUT2D eigenvalue weighted by Crippen LogP contribution is -2.33. The monoisotopic (exact) mass is 349 g/mol. The lowest BCUT2D eigenvalue weighted by Gasteiger charge is -2.19. The Morgan fingerprint density at radius 2 is 2.25 bits per heavy atom. The van der Waals surface area contributed by atoms with Gasteiger partial charge in [0.25, 0.3) is 5.56 Å². The van der Waals surface area contributed by atoms with Gasteiger partial charge in [-0.05, 0) is 25.8 Å². The zero-order valence-corrected chi connectivity index (χ0v) is 13.3. The van der Waals surface area contributed by atoms with Crippen molar-refractivity contribution in [3.63, 3.8) is 0 Å². The van der Waals surface area contributed by atoms with E-state index in [1.807, 2.05) is 0 Å². The van der Waals surface area contributed by atoms with E-state index in [0.717, 1.165) is 19.3 Å². The molecule has 0 saturated heterocycles. The van der Waals surface area contributed by atoms with E-state index in [2.05, 4.69) is 9.97 Å². The van der Waals surface area contributed by atoms with Gasteiger partial charge in [-0.25, -0.2) is 14.8 Å². The van der Waals surface area contributed by atoms with Gasteiger partial charge < -0.3 is 4.74 Å². The van der Waals surface area contributed by atoms with Crippen molar-refractivity contribution in [2.75, 3.05) is 6.61 Å². The quantitative estimate of drug-likeness (QED) is 0.607. The van der Waals surface area contributed by atoms with E-state index in [1.165, 1.54) is 16.8 Å². The van der Waals surface area contributed by atoms with Crippen molar-refractivity contribution in [1.82, 2.24) is 14.5 Å². The highest BCUT2D eigenvalue weighted by atomic mass is 32.2. The van der Waals surface area contributed by atoms with E-state index >= 15 is 0 Å². The lowest BCUT2D eigenvalue weighted by molar-refractivity contribution is 0.0523. The molecule has 2 aliphatic rings. The Bertz CT molecular complexity index is 908. The second-order valence-electron chi connectivity index (χ2n) is 5.72. The second-order valence-corrected chi connectivity index (χ2v) is 7.28. The molecule has 0 radical (unpaired) electrons.